The summed E-state index contributed by atoms with van der Waals surface area (Å²) in [5.41, 5.74) is 5.62. The Kier molecular flexibility index (Phi) is 5.72. The van der Waals surface area contributed by atoms with Crippen molar-refractivity contribution in [3.8, 4) is 0 Å². The van der Waals surface area contributed by atoms with Crippen LogP contribution in [0.5, 0.6) is 0 Å². The molecule has 2 atom stereocenters. The van der Waals surface area contributed by atoms with Crippen LogP contribution in [0.25, 0.3) is 0 Å². The van der Waals surface area contributed by atoms with Gasteiger partial charge in [0, 0.05) is 19.0 Å². The van der Waals surface area contributed by atoms with Gasteiger partial charge in [-0.1, -0.05) is 13.8 Å². The van der Waals surface area contributed by atoms with Crippen LogP contribution in [0.4, 0.5) is 0 Å². The van der Waals surface area contributed by atoms with Crippen LogP contribution in [-0.4, -0.2) is 18.5 Å². The normalized spacial score (nSPS) is 15.3. The topological polar surface area (TPSA) is 55.1 Å². The van der Waals surface area contributed by atoms with Crippen molar-refractivity contribution in [2.45, 2.75) is 39.7 Å². The molecule has 0 spiro atoms. The van der Waals surface area contributed by atoms with E-state index in [1.165, 1.54) is 0 Å². The zero-order valence-corrected chi connectivity index (χ0v) is 8.26. The number of nitrogens with two attached hydrogens (primary N) is 1. The van der Waals surface area contributed by atoms with Gasteiger partial charge in [-0.05, 0) is 19.3 Å². The Morgan fingerprint density at radius 1 is 1.50 bits per heavy atom. The average Bonchev–Trinajstić information content (AvgIpc) is 1.99. The van der Waals surface area contributed by atoms with E-state index >= 15 is 0 Å². The van der Waals surface area contributed by atoms with E-state index in [4.69, 9.17) is 5.73 Å². The van der Waals surface area contributed by atoms with Crippen LogP contribution in [0.15, 0.2) is 0 Å². The Hall–Kier alpha value is -0.570. The molecule has 72 valence electrons. The van der Waals surface area contributed by atoms with Gasteiger partial charge in [0.15, 0.2) is 0 Å². The van der Waals surface area contributed by atoms with Crippen molar-refractivity contribution >= 4 is 5.91 Å². The monoisotopic (exact) mass is 172 g/mol. The standard InChI is InChI=1S/C9H20N2O/c1-4-9(12)11-6-7(2)5-8(3)10/h7-8H,4-6,10H2,1-3H3,(H,11,12). The first kappa shape index (κ1) is 11.4. The molecule has 0 heterocycles. The molecule has 0 aliphatic rings. The summed E-state index contributed by atoms with van der Waals surface area (Å²) in [6.45, 7) is 6.68. The minimum Gasteiger partial charge on any atom is -0.356 e. The number of rotatable bonds is 5. The zero-order valence-electron chi connectivity index (χ0n) is 8.26. The van der Waals surface area contributed by atoms with E-state index in [-0.39, 0.29) is 11.9 Å². The molecule has 0 radical (unpaired) electrons. The van der Waals surface area contributed by atoms with Crippen LogP contribution < -0.4 is 11.1 Å². The number of nitrogens with one attached hydrogen (secondary N) is 1. The SMILES string of the molecule is CCC(=O)NCC(C)CC(C)N. The lowest BCUT2D eigenvalue weighted by molar-refractivity contribution is -0.120. The van der Waals surface area contributed by atoms with Gasteiger partial charge in [0.2, 0.25) is 5.91 Å². The Morgan fingerprint density at radius 2 is 2.08 bits per heavy atom. The second kappa shape index (κ2) is 6.00. The Labute approximate surface area is 74.7 Å². The first-order valence-electron chi connectivity index (χ1n) is 4.58. The van der Waals surface area contributed by atoms with Crippen molar-refractivity contribution < 1.29 is 4.79 Å². The Morgan fingerprint density at radius 3 is 2.50 bits per heavy atom. The molecule has 3 N–H and O–H groups in total. The summed E-state index contributed by atoms with van der Waals surface area (Å²) in [6, 6.07) is 0.221. The summed E-state index contributed by atoms with van der Waals surface area (Å²) < 4.78 is 0. The molecule has 0 aromatic heterocycles. The maximum atomic E-state index is 10.9. The van der Waals surface area contributed by atoms with E-state index in [2.05, 4.69) is 12.2 Å². The molecule has 0 aliphatic carbocycles. The molecule has 0 fully saturated rings. The molecule has 0 rings (SSSR count). The van der Waals surface area contributed by atoms with E-state index in [1.54, 1.807) is 0 Å². The fraction of sp³-hybridized carbons (Fsp3) is 0.889. The number of carbonyl (C=O) groups excluding carboxylic acids is 1. The highest BCUT2D eigenvalue weighted by molar-refractivity contribution is 5.75. The van der Waals surface area contributed by atoms with Gasteiger partial charge in [-0.2, -0.15) is 0 Å². The first-order valence-corrected chi connectivity index (χ1v) is 4.58. The van der Waals surface area contributed by atoms with Gasteiger partial charge in [0.1, 0.15) is 0 Å². The highest BCUT2D eigenvalue weighted by Gasteiger charge is 2.05. The van der Waals surface area contributed by atoms with Gasteiger partial charge < -0.3 is 11.1 Å². The smallest absolute Gasteiger partial charge is 0.219 e. The lowest BCUT2D eigenvalue weighted by Crippen LogP contribution is -2.30. The summed E-state index contributed by atoms with van der Waals surface area (Å²) in [5.74, 6) is 0.590. The largest absolute Gasteiger partial charge is 0.356 e. The Balaban J connectivity index is 3.43. The van der Waals surface area contributed by atoms with E-state index in [1.807, 2.05) is 13.8 Å². The predicted molar refractivity (Wildman–Crippen MR) is 50.7 cm³/mol. The van der Waals surface area contributed by atoms with E-state index in [0.29, 0.717) is 12.3 Å². The van der Waals surface area contributed by atoms with Gasteiger partial charge in [-0.15, -0.1) is 0 Å². The molecule has 0 aliphatic heterocycles. The van der Waals surface area contributed by atoms with Crippen molar-refractivity contribution in [3.63, 3.8) is 0 Å². The van der Waals surface area contributed by atoms with Crippen LogP contribution in [0.3, 0.4) is 0 Å². The van der Waals surface area contributed by atoms with Crippen molar-refractivity contribution in [2.75, 3.05) is 6.54 Å². The molecule has 0 aromatic rings. The number of hydrogen-bond acceptors (Lipinski definition) is 2. The molecule has 12 heavy (non-hydrogen) atoms. The minimum atomic E-state index is 0.117. The zero-order chi connectivity index (χ0) is 9.56. The second-order valence-corrected chi connectivity index (χ2v) is 3.48. The maximum Gasteiger partial charge on any atom is 0.219 e. The number of carbonyl (C=O) groups is 1. The molecule has 1 amide bonds. The van der Waals surface area contributed by atoms with Crippen LogP contribution in [0.2, 0.25) is 0 Å². The van der Waals surface area contributed by atoms with Crippen molar-refractivity contribution in [1.82, 2.24) is 5.32 Å². The fourth-order valence-corrected chi connectivity index (χ4v) is 1.13. The van der Waals surface area contributed by atoms with Crippen LogP contribution in [0.1, 0.15) is 33.6 Å². The first-order chi connectivity index (χ1) is 5.56. The Bertz CT molecular complexity index is 134. The predicted octanol–water partition coefficient (Wildman–Crippen LogP) is 0.886. The van der Waals surface area contributed by atoms with Gasteiger partial charge in [-0.3, -0.25) is 4.79 Å². The van der Waals surface area contributed by atoms with Gasteiger partial charge in [-0.25, -0.2) is 0 Å². The summed E-state index contributed by atoms with van der Waals surface area (Å²) in [7, 11) is 0. The molecule has 3 heteroatoms. The lowest BCUT2D eigenvalue weighted by atomic mass is 10.0. The highest BCUT2D eigenvalue weighted by atomic mass is 16.1. The third kappa shape index (κ3) is 6.16. The van der Waals surface area contributed by atoms with Crippen LogP contribution in [-0.2, 0) is 4.79 Å². The summed E-state index contributed by atoms with van der Waals surface area (Å²) >= 11 is 0. The molecule has 0 saturated carbocycles. The van der Waals surface area contributed by atoms with Gasteiger partial charge in [0.05, 0.1) is 0 Å². The van der Waals surface area contributed by atoms with Crippen molar-refractivity contribution in [1.29, 1.82) is 0 Å². The average molecular weight is 172 g/mol. The van der Waals surface area contributed by atoms with E-state index < -0.39 is 0 Å². The molecule has 0 aromatic carbocycles. The van der Waals surface area contributed by atoms with Crippen molar-refractivity contribution in [2.24, 2.45) is 11.7 Å². The highest BCUT2D eigenvalue weighted by Crippen LogP contribution is 2.02. The molecule has 0 saturated heterocycles. The fourth-order valence-electron chi connectivity index (χ4n) is 1.13. The maximum absolute atomic E-state index is 10.9. The summed E-state index contributed by atoms with van der Waals surface area (Å²) in [5, 5.41) is 2.84. The van der Waals surface area contributed by atoms with Crippen LogP contribution >= 0.6 is 0 Å². The lowest BCUT2D eigenvalue weighted by Gasteiger charge is -2.14. The second-order valence-electron chi connectivity index (χ2n) is 3.48. The minimum absolute atomic E-state index is 0.117. The van der Waals surface area contributed by atoms with Crippen LogP contribution in [0, 0.1) is 5.92 Å². The third-order valence-electron chi connectivity index (χ3n) is 1.74. The summed E-state index contributed by atoms with van der Waals surface area (Å²) in [4.78, 5) is 10.9. The number of hydrogen-bond donors (Lipinski definition) is 2. The van der Waals surface area contributed by atoms with Gasteiger partial charge >= 0.3 is 0 Å². The number of amides is 1. The third-order valence-corrected chi connectivity index (χ3v) is 1.74. The quantitative estimate of drug-likeness (QED) is 0.647. The molecular formula is C9H20N2O. The molecule has 3 nitrogen and oxygen atoms in total. The van der Waals surface area contributed by atoms with Gasteiger partial charge in [0.25, 0.3) is 0 Å². The van der Waals surface area contributed by atoms with Crippen molar-refractivity contribution in [3.05, 3.63) is 0 Å². The van der Waals surface area contributed by atoms with E-state index in [0.717, 1.165) is 13.0 Å². The van der Waals surface area contributed by atoms with E-state index in [9.17, 15) is 4.79 Å². The molecule has 2 unspecified atom stereocenters. The molecular weight excluding hydrogens is 152 g/mol. The molecule has 0 bridgehead atoms. The summed E-state index contributed by atoms with van der Waals surface area (Å²) in [6.07, 6.45) is 1.52.